The van der Waals surface area contributed by atoms with Crippen molar-refractivity contribution in [2.24, 2.45) is 0 Å². The fraction of sp³-hybridized carbons (Fsp3) is 0.308. The van der Waals surface area contributed by atoms with E-state index in [1.807, 2.05) is 13.8 Å². The standard InChI is InChI=1S/C13H12F3NOS/c1-8-9(2)18-12(17-8)19-7-10-3-5-11(6-4-10)13(14,15)16/h3-6H,7H2,1-2H3. The van der Waals surface area contributed by atoms with E-state index >= 15 is 0 Å². The van der Waals surface area contributed by atoms with Crippen LogP contribution in [0.2, 0.25) is 0 Å². The van der Waals surface area contributed by atoms with Gasteiger partial charge in [-0.15, -0.1) is 0 Å². The molecule has 0 N–H and O–H groups in total. The van der Waals surface area contributed by atoms with Crippen LogP contribution >= 0.6 is 11.8 Å². The van der Waals surface area contributed by atoms with Gasteiger partial charge in [0.1, 0.15) is 5.76 Å². The van der Waals surface area contributed by atoms with Crippen LogP contribution in [0.5, 0.6) is 0 Å². The molecule has 0 unspecified atom stereocenters. The largest absolute Gasteiger partial charge is 0.437 e. The van der Waals surface area contributed by atoms with Gasteiger partial charge in [0, 0.05) is 5.75 Å². The maximum atomic E-state index is 12.4. The Balaban J connectivity index is 2.00. The van der Waals surface area contributed by atoms with Gasteiger partial charge in [-0.05, 0) is 31.5 Å². The molecule has 0 aliphatic rings. The van der Waals surface area contributed by atoms with Crippen LogP contribution in [0.4, 0.5) is 13.2 Å². The predicted octanol–water partition coefficient (Wildman–Crippen LogP) is 4.60. The number of aromatic nitrogens is 1. The molecular formula is C13H12F3NOS. The van der Waals surface area contributed by atoms with Gasteiger partial charge in [-0.3, -0.25) is 0 Å². The van der Waals surface area contributed by atoms with Crippen molar-refractivity contribution in [3.05, 3.63) is 46.8 Å². The van der Waals surface area contributed by atoms with E-state index in [0.29, 0.717) is 11.0 Å². The molecule has 2 nitrogen and oxygen atoms in total. The fourth-order valence-electron chi connectivity index (χ4n) is 1.44. The normalized spacial score (nSPS) is 11.8. The first-order valence-electron chi connectivity index (χ1n) is 5.59. The lowest BCUT2D eigenvalue weighted by Crippen LogP contribution is -2.04. The first kappa shape index (κ1) is 14.0. The van der Waals surface area contributed by atoms with E-state index in [2.05, 4.69) is 4.98 Å². The average Bonchev–Trinajstić information content (AvgIpc) is 2.66. The second kappa shape index (κ2) is 5.28. The van der Waals surface area contributed by atoms with Crippen LogP contribution in [0.25, 0.3) is 0 Å². The molecule has 0 aliphatic carbocycles. The summed E-state index contributed by atoms with van der Waals surface area (Å²) in [6.45, 7) is 3.67. The molecule has 0 atom stereocenters. The van der Waals surface area contributed by atoms with E-state index in [-0.39, 0.29) is 0 Å². The minimum absolute atomic E-state index is 0.525. The van der Waals surface area contributed by atoms with Gasteiger partial charge in [0.15, 0.2) is 0 Å². The predicted molar refractivity (Wildman–Crippen MR) is 67.0 cm³/mol. The van der Waals surface area contributed by atoms with E-state index in [1.165, 1.54) is 23.9 Å². The van der Waals surface area contributed by atoms with Crippen molar-refractivity contribution >= 4 is 11.8 Å². The minimum Gasteiger partial charge on any atom is -0.437 e. The highest BCUT2D eigenvalue weighted by Gasteiger charge is 2.29. The first-order chi connectivity index (χ1) is 8.86. The number of thioether (sulfide) groups is 1. The summed E-state index contributed by atoms with van der Waals surface area (Å²) in [6, 6.07) is 5.11. The van der Waals surface area contributed by atoms with E-state index in [9.17, 15) is 13.2 Å². The fourth-order valence-corrected chi connectivity index (χ4v) is 2.31. The Morgan fingerprint density at radius 2 is 1.79 bits per heavy atom. The summed E-state index contributed by atoms with van der Waals surface area (Å²) in [6.07, 6.45) is -4.29. The van der Waals surface area contributed by atoms with Crippen molar-refractivity contribution in [3.63, 3.8) is 0 Å². The van der Waals surface area contributed by atoms with Crippen LogP contribution < -0.4 is 0 Å². The van der Waals surface area contributed by atoms with Crippen LogP contribution in [0.15, 0.2) is 33.9 Å². The molecule has 2 rings (SSSR count). The van der Waals surface area contributed by atoms with Gasteiger partial charge in [0.25, 0.3) is 5.22 Å². The molecule has 1 aromatic carbocycles. The summed E-state index contributed by atoms with van der Waals surface area (Å²) >= 11 is 1.36. The average molecular weight is 287 g/mol. The van der Waals surface area contributed by atoms with Crippen molar-refractivity contribution in [1.82, 2.24) is 4.98 Å². The smallest absolute Gasteiger partial charge is 0.416 e. The Kier molecular flexibility index (Phi) is 3.89. The van der Waals surface area contributed by atoms with E-state index < -0.39 is 11.7 Å². The zero-order valence-corrected chi connectivity index (χ0v) is 11.2. The molecule has 102 valence electrons. The van der Waals surface area contributed by atoms with Crippen molar-refractivity contribution in [1.29, 1.82) is 0 Å². The highest BCUT2D eigenvalue weighted by atomic mass is 32.2. The van der Waals surface area contributed by atoms with Gasteiger partial charge in [0.2, 0.25) is 0 Å². The number of aryl methyl sites for hydroxylation is 2. The third-order valence-electron chi connectivity index (χ3n) is 2.65. The number of hydrogen-bond acceptors (Lipinski definition) is 3. The molecule has 2 aromatic rings. The third kappa shape index (κ3) is 3.53. The van der Waals surface area contributed by atoms with Gasteiger partial charge in [0.05, 0.1) is 11.3 Å². The monoisotopic (exact) mass is 287 g/mol. The van der Waals surface area contributed by atoms with Crippen LogP contribution in [0.3, 0.4) is 0 Å². The quantitative estimate of drug-likeness (QED) is 0.771. The number of hydrogen-bond donors (Lipinski definition) is 0. The molecule has 0 bridgehead atoms. The second-order valence-electron chi connectivity index (χ2n) is 4.10. The molecule has 0 spiro atoms. The minimum atomic E-state index is -4.29. The summed E-state index contributed by atoms with van der Waals surface area (Å²) in [5.41, 5.74) is 0.991. The highest BCUT2D eigenvalue weighted by Crippen LogP contribution is 2.30. The van der Waals surface area contributed by atoms with E-state index in [4.69, 9.17) is 4.42 Å². The summed E-state index contributed by atoms with van der Waals surface area (Å²) in [5.74, 6) is 1.28. The number of alkyl halides is 3. The van der Waals surface area contributed by atoms with Gasteiger partial charge in [-0.25, -0.2) is 4.98 Å². The Morgan fingerprint density at radius 1 is 1.16 bits per heavy atom. The zero-order chi connectivity index (χ0) is 14.0. The Labute approximate surface area is 113 Å². The van der Waals surface area contributed by atoms with Crippen molar-refractivity contribution in [2.45, 2.75) is 31.0 Å². The van der Waals surface area contributed by atoms with Crippen molar-refractivity contribution in [2.75, 3.05) is 0 Å². The third-order valence-corrected chi connectivity index (χ3v) is 3.55. The SMILES string of the molecule is Cc1nc(SCc2ccc(C(F)(F)F)cc2)oc1C. The van der Waals surface area contributed by atoms with Crippen LogP contribution in [0, 0.1) is 13.8 Å². The summed E-state index contributed by atoms with van der Waals surface area (Å²) in [5, 5.41) is 0.537. The lowest BCUT2D eigenvalue weighted by atomic mass is 10.1. The summed E-state index contributed by atoms with van der Waals surface area (Å²) in [4.78, 5) is 4.20. The molecule has 0 saturated carbocycles. The maximum absolute atomic E-state index is 12.4. The molecular weight excluding hydrogens is 275 g/mol. The summed E-state index contributed by atoms with van der Waals surface area (Å²) in [7, 11) is 0. The second-order valence-corrected chi connectivity index (χ2v) is 5.03. The molecule has 0 saturated heterocycles. The van der Waals surface area contributed by atoms with Crippen molar-refractivity contribution < 1.29 is 17.6 Å². The van der Waals surface area contributed by atoms with Crippen molar-refractivity contribution in [3.8, 4) is 0 Å². The molecule has 0 fully saturated rings. The molecule has 1 aromatic heterocycles. The number of rotatable bonds is 3. The molecule has 0 aliphatic heterocycles. The molecule has 6 heteroatoms. The number of nitrogens with zero attached hydrogens (tertiary/aromatic N) is 1. The highest BCUT2D eigenvalue weighted by molar-refractivity contribution is 7.98. The summed E-state index contributed by atoms with van der Waals surface area (Å²) < 4.78 is 42.5. The van der Waals surface area contributed by atoms with E-state index in [0.717, 1.165) is 29.2 Å². The van der Waals surface area contributed by atoms with Crippen LogP contribution in [-0.4, -0.2) is 4.98 Å². The molecule has 0 amide bonds. The number of halogens is 3. The molecule has 0 radical (unpaired) electrons. The lowest BCUT2D eigenvalue weighted by molar-refractivity contribution is -0.137. The van der Waals surface area contributed by atoms with Gasteiger partial charge in [-0.2, -0.15) is 13.2 Å². The van der Waals surface area contributed by atoms with Gasteiger partial charge in [-0.1, -0.05) is 23.9 Å². The topological polar surface area (TPSA) is 26.0 Å². The number of oxazole rings is 1. The van der Waals surface area contributed by atoms with E-state index in [1.54, 1.807) is 0 Å². The number of benzene rings is 1. The Morgan fingerprint density at radius 3 is 2.26 bits per heavy atom. The molecule has 1 heterocycles. The van der Waals surface area contributed by atoms with Gasteiger partial charge < -0.3 is 4.42 Å². The zero-order valence-electron chi connectivity index (χ0n) is 10.4. The lowest BCUT2D eigenvalue weighted by Gasteiger charge is -2.06. The first-order valence-corrected chi connectivity index (χ1v) is 6.58. The van der Waals surface area contributed by atoms with Gasteiger partial charge >= 0.3 is 6.18 Å². The Hall–Kier alpha value is -1.43. The van der Waals surface area contributed by atoms with Crippen LogP contribution in [-0.2, 0) is 11.9 Å². The Bertz CT molecular complexity index is 541. The maximum Gasteiger partial charge on any atom is 0.416 e. The molecule has 19 heavy (non-hydrogen) atoms. The van der Waals surface area contributed by atoms with Crippen LogP contribution in [0.1, 0.15) is 22.6 Å².